The molecule has 0 aliphatic heterocycles. The standard InChI is InChI=1S/C15H14BrNO/c1-10-4-3-7-17-14(10)9-15(18)13-6-5-12(16)8-11(13)2/h3-8H,9H2,1-2H3. The normalized spacial score (nSPS) is 10.4. The van der Waals surface area contributed by atoms with Gasteiger partial charge in [0.05, 0.1) is 12.1 Å². The van der Waals surface area contributed by atoms with Crippen LogP contribution in [0.2, 0.25) is 0 Å². The number of ketones is 1. The van der Waals surface area contributed by atoms with E-state index in [9.17, 15) is 4.79 Å². The molecular formula is C15H14BrNO. The number of benzene rings is 1. The van der Waals surface area contributed by atoms with E-state index in [0.29, 0.717) is 6.42 Å². The summed E-state index contributed by atoms with van der Waals surface area (Å²) < 4.78 is 0.991. The fourth-order valence-electron chi connectivity index (χ4n) is 1.89. The van der Waals surface area contributed by atoms with E-state index in [1.54, 1.807) is 6.20 Å². The Morgan fingerprint density at radius 3 is 2.67 bits per heavy atom. The highest BCUT2D eigenvalue weighted by atomic mass is 79.9. The van der Waals surface area contributed by atoms with Crippen molar-refractivity contribution >= 4 is 21.7 Å². The van der Waals surface area contributed by atoms with Crippen molar-refractivity contribution in [2.45, 2.75) is 20.3 Å². The first-order valence-corrected chi connectivity index (χ1v) is 6.57. The van der Waals surface area contributed by atoms with Gasteiger partial charge in [-0.05, 0) is 43.2 Å². The number of carbonyl (C=O) groups is 1. The lowest BCUT2D eigenvalue weighted by Crippen LogP contribution is -2.08. The zero-order chi connectivity index (χ0) is 13.1. The molecule has 2 nitrogen and oxygen atoms in total. The molecule has 0 radical (unpaired) electrons. The third-order valence-corrected chi connectivity index (χ3v) is 3.43. The number of nitrogens with zero attached hydrogens (tertiary/aromatic N) is 1. The molecule has 0 N–H and O–H groups in total. The summed E-state index contributed by atoms with van der Waals surface area (Å²) in [6.07, 6.45) is 2.08. The van der Waals surface area contributed by atoms with Gasteiger partial charge in [0.15, 0.2) is 5.78 Å². The maximum Gasteiger partial charge on any atom is 0.169 e. The van der Waals surface area contributed by atoms with Gasteiger partial charge in [-0.15, -0.1) is 0 Å². The Balaban J connectivity index is 2.25. The van der Waals surface area contributed by atoms with Crippen molar-refractivity contribution in [2.24, 2.45) is 0 Å². The third kappa shape index (κ3) is 2.85. The number of carbonyl (C=O) groups excluding carboxylic acids is 1. The zero-order valence-electron chi connectivity index (χ0n) is 10.4. The predicted molar refractivity (Wildman–Crippen MR) is 75.9 cm³/mol. The fraction of sp³-hybridized carbons (Fsp3) is 0.200. The average Bonchev–Trinajstić information content (AvgIpc) is 2.32. The molecule has 1 heterocycles. The first-order valence-electron chi connectivity index (χ1n) is 5.78. The maximum atomic E-state index is 12.2. The quantitative estimate of drug-likeness (QED) is 0.805. The summed E-state index contributed by atoms with van der Waals surface area (Å²) in [7, 11) is 0. The summed E-state index contributed by atoms with van der Waals surface area (Å²) in [6, 6.07) is 9.57. The van der Waals surface area contributed by atoms with Crippen LogP contribution in [0.1, 0.15) is 27.2 Å². The summed E-state index contributed by atoms with van der Waals surface area (Å²) in [6.45, 7) is 3.92. The van der Waals surface area contributed by atoms with Gasteiger partial charge in [0.2, 0.25) is 0 Å². The highest BCUT2D eigenvalue weighted by molar-refractivity contribution is 9.10. The Bertz CT molecular complexity index is 593. The van der Waals surface area contributed by atoms with Gasteiger partial charge in [0.1, 0.15) is 0 Å². The number of Topliss-reactive ketones (excluding diaryl/α,β-unsaturated/α-hetero) is 1. The minimum atomic E-state index is 0.113. The van der Waals surface area contributed by atoms with Gasteiger partial charge in [-0.25, -0.2) is 0 Å². The molecule has 1 aromatic heterocycles. The monoisotopic (exact) mass is 303 g/mol. The van der Waals surface area contributed by atoms with Gasteiger partial charge in [0.25, 0.3) is 0 Å². The molecule has 3 heteroatoms. The van der Waals surface area contributed by atoms with E-state index < -0.39 is 0 Å². The van der Waals surface area contributed by atoms with Crippen LogP contribution in [0.15, 0.2) is 41.0 Å². The molecule has 18 heavy (non-hydrogen) atoms. The second kappa shape index (κ2) is 5.44. The highest BCUT2D eigenvalue weighted by Crippen LogP contribution is 2.18. The predicted octanol–water partition coefficient (Wildman–Crippen LogP) is 3.89. The largest absolute Gasteiger partial charge is 0.294 e. The molecule has 0 bridgehead atoms. The van der Waals surface area contributed by atoms with Gasteiger partial charge in [-0.3, -0.25) is 9.78 Å². The SMILES string of the molecule is Cc1cc(Br)ccc1C(=O)Cc1ncccc1C. The number of hydrogen-bond donors (Lipinski definition) is 0. The van der Waals surface area contributed by atoms with Gasteiger partial charge in [-0.1, -0.05) is 28.1 Å². The molecule has 0 unspecified atom stereocenters. The van der Waals surface area contributed by atoms with Crippen molar-refractivity contribution in [3.05, 3.63) is 63.4 Å². The molecule has 92 valence electrons. The molecule has 0 saturated heterocycles. The number of halogens is 1. The number of aryl methyl sites for hydroxylation is 2. The number of pyridine rings is 1. The molecule has 0 spiro atoms. The minimum absolute atomic E-state index is 0.113. The Kier molecular flexibility index (Phi) is 3.92. The summed E-state index contributed by atoms with van der Waals surface area (Å²) >= 11 is 3.40. The molecule has 0 amide bonds. The Labute approximate surface area is 115 Å². The van der Waals surface area contributed by atoms with Gasteiger partial charge in [0, 0.05) is 16.2 Å². The summed E-state index contributed by atoms with van der Waals surface area (Å²) in [4.78, 5) is 16.5. The van der Waals surface area contributed by atoms with Crippen LogP contribution in [0, 0.1) is 13.8 Å². The third-order valence-electron chi connectivity index (χ3n) is 2.93. The number of rotatable bonds is 3. The van der Waals surface area contributed by atoms with Crippen molar-refractivity contribution in [2.75, 3.05) is 0 Å². The Hall–Kier alpha value is -1.48. The van der Waals surface area contributed by atoms with Crippen LogP contribution in [0.4, 0.5) is 0 Å². The van der Waals surface area contributed by atoms with Gasteiger partial charge >= 0.3 is 0 Å². The van der Waals surface area contributed by atoms with Crippen LogP contribution < -0.4 is 0 Å². The summed E-state index contributed by atoms with van der Waals surface area (Å²) in [5.41, 5.74) is 3.66. The van der Waals surface area contributed by atoms with Crippen LogP contribution in [0.5, 0.6) is 0 Å². The minimum Gasteiger partial charge on any atom is -0.294 e. The van der Waals surface area contributed by atoms with E-state index in [0.717, 1.165) is 26.9 Å². The number of aromatic nitrogens is 1. The van der Waals surface area contributed by atoms with Crippen molar-refractivity contribution in [3.8, 4) is 0 Å². The van der Waals surface area contributed by atoms with Crippen molar-refractivity contribution < 1.29 is 4.79 Å². The summed E-state index contributed by atoms with van der Waals surface area (Å²) in [5.74, 6) is 0.113. The lowest BCUT2D eigenvalue weighted by atomic mass is 10.00. The highest BCUT2D eigenvalue weighted by Gasteiger charge is 2.12. The Morgan fingerprint density at radius 1 is 1.22 bits per heavy atom. The summed E-state index contributed by atoms with van der Waals surface area (Å²) in [5, 5.41) is 0. The maximum absolute atomic E-state index is 12.2. The lowest BCUT2D eigenvalue weighted by Gasteiger charge is -2.07. The van der Waals surface area contributed by atoms with Gasteiger partial charge in [-0.2, -0.15) is 0 Å². The molecule has 0 aliphatic carbocycles. The van der Waals surface area contributed by atoms with E-state index in [1.165, 1.54) is 0 Å². The molecule has 0 saturated carbocycles. The van der Waals surface area contributed by atoms with Crippen LogP contribution in [-0.4, -0.2) is 10.8 Å². The number of hydrogen-bond acceptors (Lipinski definition) is 2. The van der Waals surface area contributed by atoms with Crippen LogP contribution in [-0.2, 0) is 6.42 Å². The average molecular weight is 304 g/mol. The van der Waals surface area contributed by atoms with Crippen molar-refractivity contribution in [1.82, 2.24) is 4.98 Å². The topological polar surface area (TPSA) is 30.0 Å². The van der Waals surface area contributed by atoms with Gasteiger partial charge < -0.3 is 0 Å². The van der Waals surface area contributed by atoms with E-state index in [2.05, 4.69) is 20.9 Å². The first kappa shape index (κ1) is 13.0. The second-order valence-electron chi connectivity index (χ2n) is 4.33. The Morgan fingerprint density at radius 2 is 2.00 bits per heavy atom. The van der Waals surface area contributed by atoms with E-state index in [1.807, 2.05) is 44.2 Å². The lowest BCUT2D eigenvalue weighted by molar-refractivity contribution is 0.0991. The van der Waals surface area contributed by atoms with Crippen LogP contribution >= 0.6 is 15.9 Å². The van der Waals surface area contributed by atoms with Crippen molar-refractivity contribution in [1.29, 1.82) is 0 Å². The molecular weight excluding hydrogens is 290 g/mol. The van der Waals surface area contributed by atoms with Crippen LogP contribution in [0.25, 0.3) is 0 Å². The first-order chi connectivity index (χ1) is 8.58. The second-order valence-corrected chi connectivity index (χ2v) is 5.24. The van der Waals surface area contributed by atoms with E-state index >= 15 is 0 Å². The molecule has 0 fully saturated rings. The molecule has 0 atom stereocenters. The van der Waals surface area contributed by atoms with Crippen molar-refractivity contribution in [3.63, 3.8) is 0 Å². The van der Waals surface area contributed by atoms with E-state index in [4.69, 9.17) is 0 Å². The molecule has 2 aromatic rings. The van der Waals surface area contributed by atoms with Crippen LogP contribution in [0.3, 0.4) is 0 Å². The zero-order valence-corrected chi connectivity index (χ0v) is 12.0. The molecule has 2 rings (SSSR count). The molecule has 1 aromatic carbocycles. The van der Waals surface area contributed by atoms with E-state index in [-0.39, 0.29) is 5.78 Å². The smallest absolute Gasteiger partial charge is 0.169 e. The molecule has 0 aliphatic rings. The fourth-order valence-corrected chi connectivity index (χ4v) is 2.37.